The van der Waals surface area contributed by atoms with Crippen LogP contribution in [-0.2, 0) is 12.0 Å². The number of aliphatic hydroxyl groups is 1. The quantitative estimate of drug-likeness (QED) is 0.884. The van der Waals surface area contributed by atoms with Crippen molar-refractivity contribution in [3.8, 4) is 0 Å². The van der Waals surface area contributed by atoms with Crippen molar-refractivity contribution in [2.45, 2.75) is 25.9 Å². The highest BCUT2D eigenvalue weighted by Gasteiger charge is 2.26. The Morgan fingerprint density at radius 2 is 1.94 bits per heavy atom. The highest BCUT2D eigenvalue weighted by atomic mass is 32.1. The van der Waals surface area contributed by atoms with Gasteiger partial charge in [-0.3, -0.25) is 0 Å². The van der Waals surface area contributed by atoms with Gasteiger partial charge >= 0.3 is 0 Å². The summed E-state index contributed by atoms with van der Waals surface area (Å²) in [4.78, 5) is 4.45. The fourth-order valence-corrected chi connectivity index (χ4v) is 2.60. The van der Waals surface area contributed by atoms with Gasteiger partial charge in [0.05, 0.1) is 12.3 Å². The predicted octanol–water partition coefficient (Wildman–Crippen LogP) is 2.96. The van der Waals surface area contributed by atoms with Crippen molar-refractivity contribution < 1.29 is 5.11 Å². The van der Waals surface area contributed by atoms with E-state index in [4.69, 9.17) is 5.11 Å². The van der Waals surface area contributed by atoms with Crippen LogP contribution in [-0.4, -0.2) is 10.1 Å². The Morgan fingerprint density at radius 3 is 2.50 bits per heavy atom. The molecule has 1 aromatic carbocycles. The minimum atomic E-state index is -0.0979. The second kappa shape index (κ2) is 4.36. The van der Waals surface area contributed by atoms with Crippen LogP contribution in [0.15, 0.2) is 35.7 Å². The van der Waals surface area contributed by atoms with E-state index in [1.165, 1.54) is 5.56 Å². The van der Waals surface area contributed by atoms with Gasteiger partial charge in [0.25, 0.3) is 0 Å². The van der Waals surface area contributed by atoms with Crippen molar-refractivity contribution in [3.63, 3.8) is 0 Å². The van der Waals surface area contributed by atoms with Crippen LogP contribution in [0.2, 0.25) is 0 Å². The van der Waals surface area contributed by atoms with E-state index >= 15 is 0 Å². The molecule has 0 saturated carbocycles. The number of aromatic nitrogens is 1. The lowest BCUT2D eigenvalue weighted by atomic mass is 9.85. The Hall–Kier alpha value is -1.19. The summed E-state index contributed by atoms with van der Waals surface area (Å²) in [6, 6.07) is 10.3. The van der Waals surface area contributed by atoms with Crippen LogP contribution in [0.5, 0.6) is 0 Å². The molecule has 0 spiro atoms. The van der Waals surface area contributed by atoms with Crippen LogP contribution in [0.4, 0.5) is 0 Å². The monoisotopic (exact) mass is 233 g/mol. The summed E-state index contributed by atoms with van der Waals surface area (Å²) >= 11 is 1.60. The van der Waals surface area contributed by atoms with Crippen LogP contribution in [0.3, 0.4) is 0 Å². The van der Waals surface area contributed by atoms with Crippen molar-refractivity contribution in [3.05, 3.63) is 52.0 Å². The molecule has 0 radical (unpaired) electrons. The molecule has 16 heavy (non-hydrogen) atoms. The number of rotatable bonds is 3. The van der Waals surface area contributed by atoms with Gasteiger partial charge < -0.3 is 5.11 Å². The molecule has 0 aliphatic heterocycles. The fraction of sp³-hybridized carbons (Fsp3) is 0.308. The van der Waals surface area contributed by atoms with Gasteiger partial charge in [-0.2, -0.15) is 0 Å². The van der Waals surface area contributed by atoms with E-state index in [1.54, 1.807) is 11.3 Å². The fourth-order valence-electron chi connectivity index (χ4n) is 1.64. The third-order valence-electron chi connectivity index (χ3n) is 2.74. The molecule has 0 fully saturated rings. The Kier molecular flexibility index (Phi) is 3.08. The zero-order valence-corrected chi connectivity index (χ0v) is 10.3. The van der Waals surface area contributed by atoms with E-state index in [2.05, 4.69) is 31.0 Å². The third kappa shape index (κ3) is 2.01. The average molecular weight is 233 g/mol. The minimum Gasteiger partial charge on any atom is -0.390 e. The van der Waals surface area contributed by atoms with Crippen LogP contribution < -0.4 is 0 Å². The molecule has 3 heteroatoms. The molecule has 0 unspecified atom stereocenters. The van der Waals surface area contributed by atoms with Crippen LogP contribution in [0.25, 0.3) is 0 Å². The van der Waals surface area contributed by atoms with Gasteiger partial charge in [0.15, 0.2) is 0 Å². The highest BCUT2D eigenvalue weighted by Crippen LogP contribution is 2.33. The maximum atomic E-state index is 9.03. The molecular formula is C13H15NOS. The molecule has 1 N–H and O–H groups in total. The lowest BCUT2D eigenvalue weighted by Gasteiger charge is -2.22. The number of hydrogen-bond donors (Lipinski definition) is 1. The standard InChI is InChI=1S/C13H15NOS/c1-13(2,10-6-4-3-5-7-10)12-14-11(8-15)9-16-12/h3-7,9,15H,8H2,1-2H3. The first-order valence-corrected chi connectivity index (χ1v) is 6.14. The Balaban J connectivity index is 2.38. The molecule has 0 saturated heterocycles. The molecule has 1 aromatic heterocycles. The number of hydrogen-bond acceptors (Lipinski definition) is 3. The van der Waals surface area contributed by atoms with Crippen molar-refractivity contribution in [2.75, 3.05) is 0 Å². The summed E-state index contributed by atoms with van der Waals surface area (Å²) in [6.07, 6.45) is 0. The molecule has 2 nitrogen and oxygen atoms in total. The lowest BCUT2D eigenvalue weighted by molar-refractivity contribution is 0.277. The molecule has 2 rings (SSSR count). The number of nitrogens with zero attached hydrogens (tertiary/aromatic N) is 1. The van der Waals surface area contributed by atoms with Crippen molar-refractivity contribution in [1.82, 2.24) is 4.98 Å². The summed E-state index contributed by atoms with van der Waals surface area (Å²) in [5.74, 6) is 0. The van der Waals surface area contributed by atoms with Crippen LogP contribution >= 0.6 is 11.3 Å². The molecule has 0 aliphatic rings. The van der Waals surface area contributed by atoms with Gasteiger partial charge in [-0.05, 0) is 19.4 Å². The highest BCUT2D eigenvalue weighted by molar-refractivity contribution is 7.09. The number of thiazole rings is 1. The van der Waals surface area contributed by atoms with Gasteiger partial charge in [-0.15, -0.1) is 11.3 Å². The molecule has 1 heterocycles. The smallest absolute Gasteiger partial charge is 0.103 e. The predicted molar refractivity (Wildman–Crippen MR) is 66.6 cm³/mol. The summed E-state index contributed by atoms with van der Waals surface area (Å²) in [5.41, 5.74) is 1.90. The Morgan fingerprint density at radius 1 is 1.25 bits per heavy atom. The molecule has 2 aromatic rings. The van der Waals surface area contributed by atoms with E-state index in [0.717, 1.165) is 10.7 Å². The van der Waals surface area contributed by atoms with Crippen LogP contribution in [0.1, 0.15) is 30.1 Å². The largest absolute Gasteiger partial charge is 0.390 e. The first kappa shape index (κ1) is 11.3. The average Bonchev–Trinajstić information content (AvgIpc) is 2.79. The molecular weight excluding hydrogens is 218 g/mol. The second-order valence-electron chi connectivity index (χ2n) is 4.29. The van der Waals surface area contributed by atoms with E-state index in [-0.39, 0.29) is 12.0 Å². The molecule has 84 valence electrons. The summed E-state index contributed by atoms with van der Waals surface area (Å²) in [7, 11) is 0. The lowest BCUT2D eigenvalue weighted by Crippen LogP contribution is -2.18. The zero-order chi connectivity index (χ0) is 11.6. The molecule has 0 bridgehead atoms. The van der Waals surface area contributed by atoms with E-state index < -0.39 is 0 Å². The van der Waals surface area contributed by atoms with Crippen molar-refractivity contribution in [1.29, 1.82) is 0 Å². The maximum absolute atomic E-state index is 9.03. The van der Waals surface area contributed by atoms with E-state index in [0.29, 0.717) is 0 Å². The van der Waals surface area contributed by atoms with Crippen molar-refractivity contribution >= 4 is 11.3 Å². The van der Waals surface area contributed by atoms with E-state index in [9.17, 15) is 0 Å². The summed E-state index contributed by atoms with van der Waals surface area (Å²) < 4.78 is 0. The van der Waals surface area contributed by atoms with Crippen molar-refractivity contribution in [2.24, 2.45) is 0 Å². The first-order valence-electron chi connectivity index (χ1n) is 5.26. The topological polar surface area (TPSA) is 33.1 Å². The Bertz CT molecular complexity index is 462. The molecule has 0 atom stereocenters. The minimum absolute atomic E-state index is 0.0152. The van der Waals surface area contributed by atoms with Crippen LogP contribution in [0, 0.1) is 0 Å². The number of aliphatic hydroxyl groups excluding tert-OH is 1. The normalized spacial score (nSPS) is 11.7. The molecule has 0 amide bonds. The SMILES string of the molecule is CC(C)(c1ccccc1)c1nc(CO)cs1. The zero-order valence-electron chi connectivity index (χ0n) is 9.47. The van der Waals surface area contributed by atoms with Gasteiger partial charge in [0, 0.05) is 10.8 Å². The molecule has 0 aliphatic carbocycles. The second-order valence-corrected chi connectivity index (χ2v) is 5.15. The summed E-state index contributed by atoms with van der Waals surface area (Å²) in [6.45, 7) is 4.33. The van der Waals surface area contributed by atoms with Gasteiger partial charge in [-0.25, -0.2) is 4.98 Å². The summed E-state index contributed by atoms with van der Waals surface area (Å²) in [5, 5.41) is 12.0. The third-order valence-corrected chi connectivity index (χ3v) is 3.96. The Labute approximate surface area is 99.6 Å². The first-order chi connectivity index (χ1) is 7.64. The van der Waals surface area contributed by atoms with Gasteiger partial charge in [-0.1, -0.05) is 30.3 Å². The van der Waals surface area contributed by atoms with Gasteiger partial charge in [0.2, 0.25) is 0 Å². The van der Waals surface area contributed by atoms with E-state index in [1.807, 2.05) is 23.6 Å². The van der Waals surface area contributed by atoms with Gasteiger partial charge in [0.1, 0.15) is 5.01 Å². The number of benzene rings is 1. The maximum Gasteiger partial charge on any atom is 0.103 e.